The highest BCUT2D eigenvalue weighted by Gasteiger charge is 2.86. The zero-order chi connectivity index (χ0) is 24.5. The summed E-state index contributed by atoms with van der Waals surface area (Å²) in [6.07, 6.45) is 0.403. The third kappa shape index (κ3) is 3.27. The zero-order valence-electron chi connectivity index (χ0n) is 19.7. The standard InChI is InChI=1S/C24H32O9/c1-11-7-8-16(30-13(3)25)22(5)17(31-14(4)26)10-15(27)12(2)19(22)20(28)24-18(9-11)32-21(29)23(24,6)33-24/h7-9,12,15-20,27-28H,10H2,1-6H3/b8-7+,11-9-/t12-,15-,16-,17-,18-,19+,20-,22-,23-,24-/m0/s1. The van der Waals surface area contributed by atoms with Crippen molar-refractivity contribution in [2.24, 2.45) is 17.3 Å². The largest absolute Gasteiger partial charge is 0.462 e. The van der Waals surface area contributed by atoms with Gasteiger partial charge in [-0.15, -0.1) is 0 Å². The van der Waals surface area contributed by atoms with E-state index in [0.717, 1.165) is 0 Å². The van der Waals surface area contributed by atoms with Crippen LogP contribution in [-0.4, -0.2) is 69.8 Å². The second kappa shape index (κ2) is 7.65. The van der Waals surface area contributed by atoms with Crippen LogP contribution in [0.25, 0.3) is 0 Å². The van der Waals surface area contributed by atoms with Crippen molar-refractivity contribution >= 4 is 17.9 Å². The number of carbonyl (C=O) groups excluding carboxylic acids is 3. The minimum atomic E-state index is -1.38. The number of ether oxygens (including phenoxy) is 4. The van der Waals surface area contributed by atoms with Crippen molar-refractivity contribution in [3.8, 4) is 0 Å². The molecule has 1 saturated carbocycles. The number of hydrogen-bond acceptors (Lipinski definition) is 9. The Hall–Kier alpha value is -2.23. The molecule has 1 spiro atoms. The minimum Gasteiger partial charge on any atom is -0.462 e. The van der Waals surface area contributed by atoms with Crippen molar-refractivity contribution in [1.82, 2.24) is 0 Å². The van der Waals surface area contributed by atoms with Gasteiger partial charge in [0.2, 0.25) is 0 Å². The normalized spacial score (nSPS) is 51.0. The van der Waals surface area contributed by atoms with Crippen molar-refractivity contribution in [3.63, 3.8) is 0 Å². The maximum Gasteiger partial charge on any atom is 0.342 e. The topological polar surface area (TPSA) is 132 Å². The van der Waals surface area contributed by atoms with E-state index in [1.807, 2.05) is 0 Å². The van der Waals surface area contributed by atoms with Gasteiger partial charge in [-0.3, -0.25) is 9.59 Å². The first kappa shape index (κ1) is 23.9. The molecule has 4 rings (SSSR count). The van der Waals surface area contributed by atoms with E-state index in [4.69, 9.17) is 18.9 Å². The van der Waals surface area contributed by atoms with Gasteiger partial charge in [0.1, 0.15) is 12.2 Å². The lowest BCUT2D eigenvalue weighted by Gasteiger charge is -2.55. The Kier molecular flexibility index (Phi) is 5.54. The molecule has 2 heterocycles. The molecule has 9 heteroatoms. The summed E-state index contributed by atoms with van der Waals surface area (Å²) in [5, 5.41) is 22.8. The third-order valence-electron chi connectivity index (χ3n) is 8.11. The molecule has 0 aromatic heterocycles. The lowest BCUT2D eigenvalue weighted by Crippen LogP contribution is -2.65. The SMILES string of the molecule is CC(=O)O[C@H]1/C=C/C(C)=C\[C@@H]2OC(=O)[C@]3(C)O[C@]23[C@@H](O)[C@H]2[C@@H](C)[C@@H](O)C[C@H](OC(C)=O)[C@@]21C. The maximum atomic E-state index is 12.7. The molecule has 0 aromatic carbocycles. The first-order valence-corrected chi connectivity index (χ1v) is 11.3. The van der Waals surface area contributed by atoms with Crippen LogP contribution in [-0.2, 0) is 33.3 Å². The summed E-state index contributed by atoms with van der Waals surface area (Å²) in [4.78, 5) is 36.8. The molecule has 0 bridgehead atoms. The van der Waals surface area contributed by atoms with Crippen LogP contribution >= 0.6 is 0 Å². The van der Waals surface area contributed by atoms with Gasteiger partial charge in [0.15, 0.2) is 17.3 Å². The van der Waals surface area contributed by atoms with Crippen LogP contribution in [0.5, 0.6) is 0 Å². The fourth-order valence-electron chi connectivity index (χ4n) is 6.26. The average Bonchev–Trinajstić information content (AvgIpc) is 3.30. The van der Waals surface area contributed by atoms with E-state index in [1.165, 1.54) is 13.8 Å². The molecular weight excluding hydrogens is 432 g/mol. The van der Waals surface area contributed by atoms with E-state index in [1.54, 1.807) is 45.9 Å². The molecule has 0 unspecified atom stereocenters. The van der Waals surface area contributed by atoms with Crippen molar-refractivity contribution in [2.45, 2.75) is 89.7 Å². The lowest BCUT2D eigenvalue weighted by atomic mass is 9.53. The van der Waals surface area contributed by atoms with Crippen LogP contribution in [0.15, 0.2) is 23.8 Å². The highest BCUT2D eigenvalue weighted by molar-refractivity contribution is 5.89. The Morgan fingerprint density at radius 1 is 1.15 bits per heavy atom. The number of aliphatic hydroxyl groups excluding tert-OH is 2. The first-order valence-electron chi connectivity index (χ1n) is 11.3. The van der Waals surface area contributed by atoms with Crippen molar-refractivity contribution in [2.75, 3.05) is 0 Å². The van der Waals surface area contributed by atoms with Gasteiger partial charge in [0.05, 0.1) is 17.6 Å². The number of rotatable bonds is 2. The molecule has 2 aliphatic carbocycles. The summed E-state index contributed by atoms with van der Waals surface area (Å²) in [7, 11) is 0. The summed E-state index contributed by atoms with van der Waals surface area (Å²) < 4.78 is 22.9. The Labute approximate surface area is 192 Å². The molecule has 0 aromatic rings. The van der Waals surface area contributed by atoms with Gasteiger partial charge in [-0.1, -0.05) is 25.5 Å². The van der Waals surface area contributed by atoms with Crippen LogP contribution in [0.1, 0.15) is 48.0 Å². The van der Waals surface area contributed by atoms with E-state index in [9.17, 15) is 24.6 Å². The number of epoxide rings is 1. The summed E-state index contributed by atoms with van der Waals surface area (Å²) >= 11 is 0. The maximum absolute atomic E-state index is 12.7. The number of fused-ring (bicyclic) bond motifs is 1. The minimum absolute atomic E-state index is 0.102. The molecule has 3 fully saturated rings. The zero-order valence-corrected chi connectivity index (χ0v) is 19.7. The second-order valence-corrected chi connectivity index (χ2v) is 10.2. The van der Waals surface area contributed by atoms with E-state index in [2.05, 4.69) is 0 Å². The molecule has 182 valence electrons. The summed E-state index contributed by atoms with van der Waals surface area (Å²) in [5.74, 6) is -2.96. The molecule has 4 aliphatic rings. The molecule has 9 nitrogen and oxygen atoms in total. The monoisotopic (exact) mass is 464 g/mol. The summed E-state index contributed by atoms with van der Waals surface area (Å²) in [5.41, 5.74) is -3.17. The second-order valence-electron chi connectivity index (χ2n) is 10.2. The Balaban J connectivity index is 1.94. The molecule has 0 radical (unpaired) electrons. The lowest BCUT2D eigenvalue weighted by molar-refractivity contribution is -0.218. The van der Waals surface area contributed by atoms with E-state index < -0.39 is 76.9 Å². The quantitative estimate of drug-likeness (QED) is 0.351. The predicted octanol–water partition coefficient (Wildman–Crippen LogP) is 1.20. The van der Waals surface area contributed by atoms with Crippen LogP contribution < -0.4 is 0 Å². The molecule has 0 amide bonds. The van der Waals surface area contributed by atoms with Crippen molar-refractivity contribution < 1.29 is 43.5 Å². The number of allylic oxidation sites excluding steroid dienone is 2. The van der Waals surface area contributed by atoms with E-state index in [-0.39, 0.29) is 6.42 Å². The molecule has 2 N–H and O–H groups in total. The van der Waals surface area contributed by atoms with Crippen LogP contribution in [0, 0.1) is 17.3 Å². The molecule has 2 aliphatic heterocycles. The third-order valence-corrected chi connectivity index (χ3v) is 8.11. The van der Waals surface area contributed by atoms with Gasteiger partial charge in [0.25, 0.3) is 0 Å². The summed E-state index contributed by atoms with van der Waals surface area (Å²) in [6.45, 7) is 9.49. The van der Waals surface area contributed by atoms with E-state index >= 15 is 0 Å². The molecule has 2 saturated heterocycles. The Bertz CT molecular complexity index is 940. The summed E-state index contributed by atoms with van der Waals surface area (Å²) in [6, 6.07) is 0. The van der Waals surface area contributed by atoms with Gasteiger partial charge in [-0.2, -0.15) is 0 Å². The number of carbonyl (C=O) groups is 3. The van der Waals surface area contributed by atoms with Crippen molar-refractivity contribution in [3.05, 3.63) is 23.8 Å². The number of esters is 3. The van der Waals surface area contributed by atoms with Gasteiger partial charge >= 0.3 is 17.9 Å². The fraction of sp³-hybridized carbons (Fsp3) is 0.708. The number of aliphatic hydroxyl groups is 2. The number of hydrogen-bond donors (Lipinski definition) is 2. The van der Waals surface area contributed by atoms with Gasteiger partial charge in [0, 0.05) is 26.2 Å². The Morgan fingerprint density at radius 2 is 1.79 bits per heavy atom. The van der Waals surface area contributed by atoms with Crippen LogP contribution in [0.3, 0.4) is 0 Å². The predicted molar refractivity (Wildman–Crippen MR) is 113 cm³/mol. The average molecular weight is 465 g/mol. The fourth-order valence-corrected chi connectivity index (χ4v) is 6.26. The van der Waals surface area contributed by atoms with Crippen LogP contribution in [0.4, 0.5) is 0 Å². The smallest absolute Gasteiger partial charge is 0.342 e. The highest BCUT2D eigenvalue weighted by Crippen LogP contribution is 2.64. The van der Waals surface area contributed by atoms with Gasteiger partial charge in [-0.25, -0.2) is 4.79 Å². The molecule has 33 heavy (non-hydrogen) atoms. The first-order chi connectivity index (χ1) is 15.3. The molecule has 10 atom stereocenters. The van der Waals surface area contributed by atoms with Gasteiger partial charge in [-0.05, 0) is 31.9 Å². The molecular formula is C24H32O9. The highest BCUT2D eigenvalue weighted by atomic mass is 16.7. The van der Waals surface area contributed by atoms with Gasteiger partial charge < -0.3 is 29.2 Å². The van der Waals surface area contributed by atoms with Crippen molar-refractivity contribution in [1.29, 1.82) is 0 Å². The van der Waals surface area contributed by atoms with Crippen LogP contribution in [0.2, 0.25) is 0 Å². The van der Waals surface area contributed by atoms with E-state index in [0.29, 0.717) is 5.57 Å². The Morgan fingerprint density at radius 3 is 2.36 bits per heavy atom.